The molecule has 1 aromatic rings. The smallest absolute Gasteiger partial charge is 0.334 e. The fourth-order valence-corrected chi connectivity index (χ4v) is 6.30. The van der Waals surface area contributed by atoms with E-state index < -0.39 is 12.0 Å². The number of rotatable bonds is 5. The van der Waals surface area contributed by atoms with Crippen LogP contribution in [0.2, 0.25) is 0 Å². The summed E-state index contributed by atoms with van der Waals surface area (Å²) >= 11 is 0. The molecule has 5 aliphatic rings. The Balaban J connectivity index is 1.29. The molecule has 6 nitrogen and oxygen atoms in total. The van der Waals surface area contributed by atoms with Gasteiger partial charge in [0.15, 0.2) is 11.5 Å². The first-order valence-corrected chi connectivity index (χ1v) is 10.8. The molecule has 1 aliphatic heterocycles. The summed E-state index contributed by atoms with van der Waals surface area (Å²) in [6, 6.07) is 4.40. The lowest BCUT2D eigenvalue weighted by atomic mass is 9.49. The lowest BCUT2D eigenvalue weighted by molar-refractivity contribution is -0.151. The molecule has 4 bridgehead atoms. The molecule has 4 fully saturated rings. The lowest BCUT2D eigenvalue weighted by Crippen LogP contribution is -2.57. The van der Waals surface area contributed by atoms with E-state index >= 15 is 0 Å². The van der Waals surface area contributed by atoms with E-state index in [-0.39, 0.29) is 24.0 Å². The summed E-state index contributed by atoms with van der Waals surface area (Å²) in [7, 11) is 0. The molecular weight excluding hydrogens is 370 g/mol. The van der Waals surface area contributed by atoms with E-state index in [9.17, 15) is 9.59 Å². The molecule has 1 amide bonds. The average Bonchev–Trinajstić information content (AvgIpc) is 3.12. The van der Waals surface area contributed by atoms with Crippen LogP contribution in [0, 0.1) is 29.1 Å². The number of benzene rings is 1. The third-order valence-corrected chi connectivity index (χ3v) is 7.29. The Hall–Kier alpha value is -2.24. The number of carbonyl (C=O) groups excluding carboxylic acids is 2. The van der Waals surface area contributed by atoms with E-state index in [4.69, 9.17) is 14.2 Å². The molecule has 1 heterocycles. The van der Waals surface area contributed by atoms with Gasteiger partial charge in [-0.3, -0.25) is 4.79 Å². The molecular formula is C23H29NO5. The van der Waals surface area contributed by atoms with Gasteiger partial charge >= 0.3 is 5.97 Å². The molecule has 0 radical (unpaired) electrons. The molecule has 0 unspecified atom stereocenters. The monoisotopic (exact) mass is 399 g/mol. The van der Waals surface area contributed by atoms with Crippen molar-refractivity contribution in [1.29, 1.82) is 0 Å². The SMILES string of the molecule is CC(C)[C@@H](NC(=O)C12CC3CC(CC(C3)C1)C2)C(=O)Oc1ccc2c(c1)OCO2. The molecule has 0 spiro atoms. The fourth-order valence-electron chi connectivity index (χ4n) is 6.30. The second-order valence-corrected chi connectivity index (χ2v) is 9.83. The first-order valence-electron chi connectivity index (χ1n) is 10.8. The van der Waals surface area contributed by atoms with Crippen LogP contribution in [0.1, 0.15) is 52.4 Å². The first-order chi connectivity index (χ1) is 13.9. The van der Waals surface area contributed by atoms with Gasteiger partial charge in [0.25, 0.3) is 0 Å². The van der Waals surface area contributed by atoms with E-state index in [2.05, 4.69) is 5.32 Å². The highest BCUT2D eigenvalue weighted by atomic mass is 16.7. The number of carbonyl (C=O) groups is 2. The van der Waals surface area contributed by atoms with Gasteiger partial charge in [0, 0.05) is 11.5 Å². The highest BCUT2D eigenvalue weighted by Crippen LogP contribution is 2.60. The summed E-state index contributed by atoms with van der Waals surface area (Å²) in [6.07, 6.45) is 6.79. The normalized spacial score (nSPS) is 32.3. The molecule has 0 saturated heterocycles. The van der Waals surface area contributed by atoms with E-state index in [1.54, 1.807) is 18.2 Å². The van der Waals surface area contributed by atoms with Crippen molar-refractivity contribution < 1.29 is 23.8 Å². The molecule has 6 rings (SSSR count). The molecule has 4 aliphatic carbocycles. The van der Waals surface area contributed by atoms with Crippen molar-refractivity contribution in [2.75, 3.05) is 6.79 Å². The number of nitrogens with one attached hydrogen (secondary N) is 1. The molecule has 1 N–H and O–H groups in total. The van der Waals surface area contributed by atoms with E-state index in [0.29, 0.717) is 35.0 Å². The largest absolute Gasteiger partial charge is 0.454 e. The Labute approximate surface area is 171 Å². The van der Waals surface area contributed by atoms with E-state index in [1.165, 1.54) is 19.3 Å². The second-order valence-electron chi connectivity index (χ2n) is 9.83. The molecule has 29 heavy (non-hydrogen) atoms. The van der Waals surface area contributed by atoms with Crippen molar-refractivity contribution in [3.05, 3.63) is 18.2 Å². The van der Waals surface area contributed by atoms with Crippen molar-refractivity contribution in [2.45, 2.75) is 58.4 Å². The van der Waals surface area contributed by atoms with Crippen LogP contribution in [-0.2, 0) is 9.59 Å². The average molecular weight is 399 g/mol. The van der Waals surface area contributed by atoms with Gasteiger partial charge in [-0.05, 0) is 74.3 Å². The first kappa shape index (κ1) is 18.8. The Kier molecular flexibility index (Phi) is 4.48. The zero-order valence-corrected chi connectivity index (χ0v) is 17.1. The lowest BCUT2D eigenvalue weighted by Gasteiger charge is -2.55. The minimum atomic E-state index is -0.666. The van der Waals surface area contributed by atoms with Crippen LogP contribution in [-0.4, -0.2) is 24.7 Å². The Morgan fingerprint density at radius 3 is 2.28 bits per heavy atom. The summed E-state index contributed by atoms with van der Waals surface area (Å²) in [5.41, 5.74) is -0.277. The van der Waals surface area contributed by atoms with Crippen LogP contribution in [0.4, 0.5) is 0 Å². The van der Waals surface area contributed by atoms with Crippen LogP contribution in [0.15, 0.2) is 18.2 Å². The van der Waals surface area contributed by atoms with E-state index in [1.807, 2.05) is 13.8 Å². The molecule has 6 heteroatoms. The Morgan fingerprint density at radius 1 is 1.03 bits per heavy atom. The predicted molar refractivity (Wildman–Crippen MR) is 106 cm³/mol. The molecule has 1 atom stereocenters. The summed E-state index contributed by atoms with van der Waals surface area (Å²) < 4.78 is 16.2. The minimum Gasteiger partial charge on any atom is -0.454 e. The van der Waals surface area contributed by atoms with E-state index in [0.717, 1.165) is 19.3 Å². The maximum absolute atomic E-state index is 13.4. The van der Waals surface area contributed by atoms with Crippen LogP contribution in [0.5, 0.6) is 17.2 Å². The summed E-state index contributed by atoms with van der Waals surface area (Å²) in [4.78, 5) is 26.3. The zero-order valence-electron chi connectivity index (χ0n) is 17.1. The third-order valence-electron chi connectivity index (χ3n) is 7.29. The summed E-state index contributed by atoms with van der Waals surface area (Å²) in [5.74, 6) is 3.22. The van der Waals surface area contributed by atoms with Gasteiger partial charge in [-0.25, -0.2) is 4.79 Å². The predicted octanol–water partition coefficient (Wildman–Crippen LogP) is 3.68. The summed E-state index contributed by atoms with van der Waals surface area (Å²) in [6.45, 7) is 4.04. The fraction of sp³-hybridized carbons (Fsp3) is 0.652. The van der Waals surface area contributed by atoms with Gasteiger partial charge in [0.2, 0.25) is 12.7 Å². The van der Waals surface area contributed by atoms with Gasteiger partial charge < -0.3 is 19.5 Å². The molecule has 156 valence electrons. The van der Waals surface area contributed by atoms with Gasteiger partial charge in [-0.2, -0.15) is 0 Å². The van der Waals surface area contributed by atoms with Crippen molar-refractivity contribution in [2.24, 2.45) is 29.1 Å². The van der Waals surface area contributed by atoms with Gasteiger partial charge in [0.1, 0.15) is 11.8 Å². The number of fused-ring (bicyclic) bond motifs is 1. The van der Waals surface area contributed by atoms with Crippen LogP contribution in [0.25, 0.3) is 0 Å². The number of esters is 1. The Morgan fingerprint density at radius 2 is 1.66 bits per heavy atom. The standard InChI is InChI=1S/C23H29NO5/c1-13(2)20(21(25)29-17-3-4-18-19(8-17)28-12-27-18)24-22(26)23-9-14-5-15(10-23)7-16(6-14)11-23/h3-4,8,13-16,20H,5-7,9-12H2,1-2H3,(H,24,26)/t14?,15?,16?,20-,23?/m1/s1. The summed E-state index contributed by atoms with van der Waals surface area (Å²) in [5, 5.41) is 3.08. The van der Waals surface area contributed by atoms with Crippen molar-refractivity contribution in [3.63, 3.8) is 0 Å². The Bertz CT molecular complexity index is 797. The second kappa shape index (κ2) is 6.92. The number of amides is 1. The van der Waals surface area contributed by atoms with Crippen LogP contribution in [0.3, 0.4) is 0 Å². The highest BCUT2D eigenvalue weighted by molar-refractivity contribution is 5.89. The van der Waals surface area contributed by atoms with Crippen molar-refractivity contribution in [1.82, 2.24) is 5.32 Å². The van der Waals surface area contributed by atoms with Crippen molar-refractivity contribution >= 4 is 11.9 Å². The zero-order chi connectivity index (χ0) is 20.2. The highest BCUT2D eigenvalue weighted by Gasteiger charge is 2.55. The van der Waals surface area contributed by atoms with Crippen molar-refractivity contribution in [3.8, 4) is 17.2 Å². The third kappa shape index (κ3) is 3.36. The number of ether oxygens (including phenoxy) is 3. The number of hydrogen-bond acceptors (Lipinski definition) is 5. The quantitative estimate of drug-likeness (QED) is 0.604. The van der Waals surface area contributed by atoms with Crippen LogP contribution >= 0.6 is 0 Å². The van der Waals surface area contributed by atoms with Gasteiger partial charge in [-0.15, -0.1) is 0 Å². The maximum Gasteiger partial charge on any atom is 0.334 e. The molecule has 0 aromatic heterocycles. The number of hydrogen-bond donors (Lipinski definition) is 1. The maximum atomic E-state index is 13.4. The minimum absolute atomic E-state index is 0.0536. The topological polar surface area (TPSA) is 73.9 Å². The van der Waals surface area contributed by atoms with Gasteiger partial charge in [0.05, 0.1) is 0 Å². The van der Waals surface area contributed by atoms with Crippen LogP contribution < -0.4 is 19.5 Å². The molecule has 1 aromatic carbocycles. The molecule has 4 saturated carbocycles. The van der Waals surface area contributed by atoms with Gasteiger partial charge in [-0.1, -0.05) is 13.8 Å².